The number of aromatic nitrogens is 2. The van der Waals surface area contributed by atoms with E-state index in [-0.39, 0.29) is 5.91 Å². The molecule has 1 amide bonds. The van der Waals surface area contributed by atoms with Crippen molar-refractivity contribution < 1.29 is 9.53 Å². The van der Waals surface area contributed by atoms with E-state index in [2.05, 4.69) is 36.4 Å². The Labute approximate surface area is 146 Å². The summed E-state index contributed by atoms with van der Waals surface area (Å²) < 4.78 is 6.25. The van der Waals surface area contributed by atoms with Crippen LogP contribution in [0.1, 0.15) is 15.9 Å². The van der Waals surface area contributed by atoms with E-state index in [4.69, 9.17) is 4.74 Å². The Morgan fingerprint density at radius 3 is 2.79 bits per heavy atom. The first kappa shape index (κ1) is 16.1. The van der Waals surface area contributed by atoms with Crippen LogP contribution in [0.4, 0.5) is 0 Å². The van der Waals surface area contributed by atoms with Gasteiger partial charge in [-0.2, -0.15) is 5.10 Å². The Bertz CT molecular complexity index is 913. The number of halogens is 1. The molecule has 1 aromatic carbocycles. The second-order valence-electron chi connectivity index (χ2n) is 4.86. The predicted molar refractivity (Wildman–Crippen MR) is 95.3 cm³/mol. The lowest BCUT2D eigenvalue weighted by Crippen LogP contribution is -2.17. The van der Waals surface area contributed by atoms with Crippen molar-refractivity contribution in [3.8, 4) is 5.88 Å². The monoisotopic (exact) mass is 384 g/mol. The summed E-state index contributed by atoms with van der Waals surface area (Å²) in [5.74, 6) is 0.121. The van der Waals surface area contributed by atoms with Crippen molar-refractivity contribution >= 4 is 39.0 Å². The molecule has 3 aromatic rings. The fourth-order valence-electron chi connectivity index (χ4n) is 2.13. The van der Waals surface area contributed by atoms with Crippen LogP contribution in [0.15, 0.2) is 58.4 Å². The first-order chi connectivity index (χ1) is 11.7. The lowest BCUT2D eigenvalue weighted by molar-refractivity contribution is 0.0955. The average molecular weight is 385 g/mol. The van der Waals surface area contributed by atoms with Gasteiger partial charge in [0, 0.05) is 27.8 Å². The highest BCUT2D eigenvalue weighted by molar-refractivity contribution is 9.10. The quantitative estimate of drug-likeness (QED) is 0.553. The molecule has 0 bridgehead atoms. The number of pyridine rings is 2. The van der Waals surface area contributed by atoms with Gasteiger partial charge in [-0.25, -0.2) is 10.4 Å². The van der Waals surface area contributed by atoms with Gasteiger partial charge < -0.3 is 4.74 Å². The van der Waals surface area contributed by atoms with Crippen LogP contribution in [-0.2, 0) is 0 Å². The summed E-state index contributed by atoms with van der Waals surface area (Å²) in [5, 5.41) is 4.92. The molecule has 2 heterocycles. The first-order valence-electron chi connectivity index (χ1n) is 7.05. The maximum absolute atomic E-state index is 11.9. The number of nitrogens with one attached hydrogen (secondary N) is 1. The minimum Gasteiger partial charge on any atom is -0.481 e. The van der Waals surface area contributed by atoms with Gasteiger partial charge in [0.25, 0.3) is 5.91 Å². The number of carbonyl (C=O) groups excluding carboxylic acids is 1. The summed E-state index contributed by atoms with van der Waals surface area (Å²) in [6.07, 6.45) is 4.60. The largest absolute Gasteiger partial charge is 0.481 e. The first-order valence-corrected chi connectivity index (χ1v) is 7.84. The molecule has 0 saturated heterocycles. The molecule has 7 heteroatoms. The topological polar surface area (TPSA) is 76.5 Å². The molecule has 24 heavy (non-hydrogen) atoms. The van der Waals surface area contributed by atoms with Crippen molar-refractivity contribution in [1.82, 2.24) is 15.4 Å². The molecule has 0 fully saturated rings. The normalized spacial score (nSPS) is 10.9. The number of carbonyl (C=O) groups is 1. The number of rotatable bonds is 4. The van der Waals surface area contributed by atoms with E-state index in [1.165, 1.54) is 6.21 Å². The van der Waals surface area contributed by atoms with Gasteiger partial charge in [0.15, 0.2) is 0 Å². The van der Waals surface area contributed by atoms with Gasteiger partial charge in [-0.05, 0) is 36.4 Å². The number of amides is 1. The molecule has 0 atom stereocenters. The van der Waals surface area contributed by atoms with Crippen molar-refractivity contribution in [2.24, 2.45) is 5.10 Å². The zero-order chi connectivity index (χ0) is 16.9. The maximum atomic E-state index is 11.9. The van der Waals surface area contributed by atoms with E-state index in [1.54, 1.807) is 31.6 Å². The zero-order valence-corrected chi connectivity index (χ0v) is 14.3. The number of methoxy groups -OCH3 is 1. The fourth-order valence-corrected chi connectivity index (χ4v) is 2.51. The van der Waals surface area contributed by atoms with Crippen LogP contribution in [0.25, 0.3) is 10.9 Å². The highest BCUT2D eigenvalue weighted by atomic mass is 79.9. The molecule has 0 saturated carbocycles. The molecule has 0 aliphatic heterocycles. The number of hydrogen-bond donors (Lipinski definition) is 1. The maximum Gasteiger partial charge on any atom is 0.271 e. The Kier molecular flexibility index (Phi) is 4.81. The number of nitrogens with zero attached hydrogens (tertiary/aromatic N) is 3. The van der Waals surface area contributed by atoms with E-state index < -0.39 is 0 Å². The molecule has 2 aromatic heterocycles. The summed E-state index contributed by atoms with van der Waals surface area (Å²) in [6, 6.07) is 10.9. The highest BCUT2D eigenvalue weighted by Gasteiger charge is 2.07. The molecule has 0 radical (unpaired) electrons. The third-order valence-corrected chi connectivity index (χ3v) is 3.77. The number of hydrazone groups is 1. The second-order valence-corrected chi connectivity index (χ2v) is 5.77. The summed E-state index contributed by atoms with van der Waals surface area (Å²) in [6.45, 7) is 0. The van der Waals surface area contributed by atoms with E-state index in [0.29, 0.717) is 17.0 Å². The predicted octanol–water partition coefficient (Wildman–Crippen LogP) is 3.16. The van der Waals surface area contributed by atoms with Crippen molar-refractivity contribution in [3.63, 3.8) is 0 Å². The van der Waals surface area contributed by atoms with Gasteiger partial charge in [-0.3, -0.25) is 9.78 Å². The van der Waals surface area contributed by atoms with E-state index in [9.17, 15) is 4.79 Å². The molecule has 1 N–H and O–H groups in total. The summed E-state index contributed by atoms with van der Waals surface area (Å²) >= 11 is 3.44. The van der Waals surface area contributed by atoms with Crippen LogP contribution in [-0.4, -0.2) is 29.2 Å². The van der Waals surface area contributed by atoms with Crippen LogP contribution in [0.3, 0.4) is 0 Å². The number of hydrogen-bond acceptors (Lipinski definition) is 5. The zero-order valence-electron chi connectivity index (χ0n) is 12.7. The lowest BCUT2D eigenvalue weighted by atomic mass is 10.1. The second kappa shape index (κ2) is 7.18. The van der Waals surface area contributed by atoms with Crippen molar-refractivity contribution in [3.05, 3.63) is 64.4 Å². The van der Waals surface area contributed by atoms with Crippen LogP contribution in [0.5, 0.6) is 5.88 Å². The van der Waals surface area contributed by atoms with Crippen molar-refractivity contribution in [2.45, 2.75) is 0 Å². The standard InChI is InChI=1S/C17H13BrN4O2/c1-24-17-13(8-12-9-14(18)2-3-15(12)21-17)10-20-22-16(23)11-4-6-19-7-5-11/h2-10H,1H3,(H,22,23). The molecule has 120 valence electrons. The van der Waals surface area contributed by atoms with Gasteiger partial charge in [0.1, 0.15) is 0 Å². The molecule has 0 spiro atoms. The Hall–Kier alpha value is -2.80. The van der Waals surface area contributed by atoms with Crippen molar-refractivity contribution in [1.29, 1.82) is 0 Å². The molecule has 0 aliphatic carbocycles. The highest BCUT2D eigenvalue weighted by Crippen LogP contribution is 2.23. The van der Waals surface area contributed by atoms with E-state index in [0.717, 1.165) is 15.4 Å². The smallest absolute Gasteiger partial charge is 0.271 e. The Morgan fingerprint density at radius 1 is 1.25 bits per heavy atom. The van der Waals surface area contributed by atoms with Crippen LogP contribution < -0.4 is 10.2 Å². The van der Waals surface area contributed by atoms with Gasteiger partial charge in [0.05, 0.1) is 24.4 Å². The minimum atomic E-state index is -0.316. The average Bonchev–Trinajstić information content (AvgIpc) is 2.61. The number of ether oxygens (including phenoxy) is 1. The lowest BCUT2D eigenvalue weighted by Gasteiger charge is -2.06. The fraction of sp³-hybridized carbons (Fsp3) is 0.0588. The van der Waals surface area contributed by atoms with E-state index in [1.807, 2.05) is 24.3 Å². The number of benzene rings is 1. The summed E-state index contributed by atoms with van der Waals surface area (Å²) in [7, 11) is 1.54. The van der Waals surface area contributed by atoms with Crippen LogP contribution >= 0.6 is 15.9 Å². The Balaban J connectivity index is 1.84. The summed E-state index contributed by atoms with van der Waals surface area (Å²) in [4.78, 5) is 20.2. The van der Waals surface area contributed by atoms with Crippen LogP contribution in [0.2, 0.25) is 0 Å². The molecule has 3 rings (SSSR count). The van der Waals surface area contributed by atoms with E-state index >= 15 is 0 Å². The summed E-state index contributed by atoms with van der Waals surface area (Å²) in [5.41, 5.74) is 4.43. The third-order valence-electron chi connectivity index (χ3n) is 3.28. The third kappa shape index (κ3) is 3.57. The van der Waals surface area contributed by atoms with Gasteiger partial charge in [-0.15, -0.1) is 0 Å². The minimum absolute atomic E-state index is 0.316. The van der Waals surface area contributed by atoms with Crippen LogP contribution in [0, 0.1) is 0 Å². The molecule has 0 aliphatic rings. The van der Waals surface area contributed by atoms with Gasteiger partial charge in [0.2, 0.25) is 5.88 Å². The molecule has 0 unspecified atom stereocenters. The van der Waals surface area contributed by atoms with Gasteiger partial charge >= 0.3 is 0 Å². The van der Waals surface area contributed by atoms with Crippen molar-refractivity contribution in [2.75, 3.05) is 7.11 Å². The molecular weight excluding hydrogens is 372 g/mol. The Morgan fingerprint density at radius 2 is 2.04 bits per heavy atom. The SMILES string of the molecule is COc1nc2ccc(Br)cc2cc1C=NNC(=O)c1ccncc1. The molecular formula is C17H13BrN4O2. The van der Waals surface area contributed by atoms with Gasteiger partial charge in [-0.1, -0.05) is 15.9 Å². The molecule has 6 nitrogen and oxygen atoms in total. The number of fused-ring (bicyclic) bond motifs is 1.